The molecule has 1 aliphatic carbocycles. The lowest BCUT2D eigenvalue weighted by atomic mass is 9.86. The van der Waals surface area contributed by atoms with Gasteiger partial charge in [-0.05, 0) is 37.3 Å². The number of carbonyl (C=O) groups is 3. The van der Waals surface area contributed by atoms with E-state index in [0.717, 1.165) is 29.7 Å². The van der Waals surface area contributed by atoms with Gasteiger partial charge in [0.15, 0.2) is 0 Å². The third-order valence-electron chi connectivity index (χ3n) is 5.84. The maximum atomic E-state index is 13.0. The number of benzene rings is 1. The van der Waals surface area contributed by atoms with Crippen LogP contribution in [0.4, 0.5) is 4.79 Å². The van der Waals surface area contributed by atoms with Crippen molar-refractivity contribution in [2.24, 2.45) is 5.92 Å². The van der Waals surface area contributed by atoms with Crippen LogP contribution in [0.3, 0.4) is 0 Å². The van der Waals surface area contributed by atoms with Crippen molar-refractivity contribution in [3.8, 4) is 5.75 Å². The third-order valence-corrected chi connectivity index (χ3v) is 5.84. The Labute approximate surface area is 165 Å². The molecule has 3 rings (SSSR count). The normalized spacial score (nSPS) is 27.5. The second kappa shape index (κ2) is 8.20. The van der Waals surface area contributed by atoms with E-state index in [1.165, 1.54) is 6.42 Å². The first-order valence-electron chi connectivity index (χ1n) is 9.89. The number of hydrogen-bond donors (Lipinski definition) is 2. The lowest BCUT2D eigenvalue weighted by Gasteiger charge is -2.30. The smallest absolute Gasteiger partial charge is 0.325 e. The number of ether oxygens (including phenoxy) is 1. The van der Waals surface area contributed by atoms with E-state index in [2.05, 4.69) is 17.6 Å². The van der Waals surface area contributed by atoms with Crippen molar-refractivity contribution >= 4 is 17.8 Å². The van der Waals surface area contributed by atoms with E-state index in [-0.39, 0.29) is 18.5 Å². The zero-order valence-electron chi connectivity index (χ0n) is 16.8. The highest BCUT2D eigenvalue weighted by atomic mass is 16.5. The largest absolute Gasteiger partial charge is 0.496 e. The van der Waals surface area contributed by atoms with E-state index < -0.39 is 17.5 Å². The Hall–Kier alpha value is -2.57. The molecule has 2 aliphatic rings. The molecule has 1 aromatic carbocycles. The monoisotopic (exact) mass is 387 g/mol. The van der Waals surface area contributed by atoms with Crippen molar-refractivity contribution in [2.75, 3.05) is 13.7 Å². The predicted molar refractivity (Wildman–Crippen MR) is 105 cm³/mol. The van der Waals surface area contributed by atoms with Crippen LogP contribution in [0.2, 0.25) is 0 Å². The number of rotatable bonds is 6. The fourth-order valence-corrected chi connectivity index (χ4v) is 4.17. The molecule has 1 heterocycles. The van der Waals surface area contributed by atoms with Crippen molar-refractivity contribution in [2.45, 2.75) is 57.5 Å². The maximum Gasteiger partial charge on any atom is 0.325 e. The second-order valence-electron chi connectivity index (χ2n) is 8.08. The van der Waals surface area contributed by atoms with E-state index in [4.69, 9.17) is 4.74 Å². The van der Waals surface area contributed by atoms with Crippen LogP contribution < -0.4 is 15.4 Å². The highest BCUT2D eigenvalue weighted by Gasteiger charge is 2.48. The summed E-state index contributed by atoms with van der Waals surface area (Å²) in [6, 6.07) is 6.97. The Bertz CT molecular complexity index is 766. The van der Waals surface area contributed by atoms with Crippen LogP contribution in [0, 0.1) is 5.92 Å². The average Bonchev–Trinajstić information content (AvgIpc) is 2.87. The van der Waals surface area contributed by atoms with Gasteiger partial charge in [-0.15, -0.1) is 0 Å². The van der Waals surface area contributed by atoms with Crippen LogP contribution >= 0.6 is 0 Å². The summed E-state index contributed by atoms with van der Waals surface area (Å²) in [4.78, 5) is 38.9. The number of para-hydroxylation sites is 1. The van der Waals surface area contributed by atoms with Gasteiger partial charge >= 0.3 is 6.03 Å². The lowest BCUT2D eigenvalue weighted by molar-refractivity contribution is -0.134. The van der Waals surface area contributed by atoms with E-state index in [1.54, 1.807) is 14.0 Å². The van der Waals surface area contributed by atoms with E-state index in [9.17, 15) is 14.4 Å². The van der Waals surface area contributed by atoms with Gasteiger partial charge in [-0.3, -0.25) is 14.5 Å². The molecule has 1 aromatic rings. The Morgan fingerprint density at radius 3 is 2.71 bits per heavy atom. The number of imide groups is 1. The highest BCUT2D eigenvalue weighted by molar-refractivity contribution is 6.09. The molecule has 7 heteroatoms. The molecule has 7 nitrogen and oxygen atoms in total. The Morgan fingerprint density at radius 2 is 2.00 bits per heavy atom. The molecule has 2 N–H and O–H groups in total. The summed E-state index contributed by atoms with van der Waals surface area (Å²) in [7, 11) is 1.57. The molecule has 0 unspecified atom stereocenters. The summed E-state index contributed by atoms with van der Waals surface area (Å²) >= 11 is 0. The predicted octanol–water partition coefficient (Wildman–Crippen LogP) is 2.24. The number of amides is 4. The van der Waals surface area contributed by atoms with Crippen LogP contribution in [-0.2, 0) is 16.0 Å². The summed E-state index contributed by atoms with van der Waals surface area (Å²) in [5.74, 6) is 0.393. The van der Waals surface area contributed by atoms with Crippen LogP contribution in [0.5, 0.6) is 5.75 Å². The van der Waals surface area contributed by atoms with Gasteiger partial charge < -0.3 is 15.4 Å². The summed E-state index contributed by atoms with van der Waals surface area (Å²) in [5.41, 5.74) is -0.284. The van der Waals surface area contributed by atoms with Gasteiger partial charge in [-0.1, -0.05) is 38.0 Å². The SMILES string of the molecule is COc1ccccc1C[C@@]1(C)NC(=O)N(CC(=O)N[C@@H]2CCCC[C@H]2C)C1=O. The molecule has 1 saturated carbocycles. The van der Waals surface area contributed by atoms with Crippen LogP contribution in [0.15, 0.2) is 24.3 Å². The van der Waals surface area contributed by atoms with E-state index >= 15 is 0 Å². The number of methoxy groups -OCH3 is 1. The zero-order chi connectivity index (χ0) is 20.3. The first-order chi connectivity index (χ1) is 13.3. The molecule has 1 aliphatic heterocycles. The summed E-state index contributed by atoms with van der Waals surface area (Å²) in [5, 5.41) is 5.75. The average molecular weight is 387 g/mol. The van der Waals surface area contributed by atoms with Crippen molar-refractivity contribution in [3.63, 3.8) is 0 Å². The Kier molecular flexibility index (Phi) is 5.91. The lowest BCUT2D eigenvalue weighted by Crippen LogP contribution is -2.48. The molecule has 28 heavy (non-hydrogen) atoms. The van der Waals surface area contributed by atoms with E-state index in [0.29, 0.717) is 18.1 Å². The minimum atomic E-state index is -1.11. The van der Waals surface area contributed by atoms with Crippen molar-refractivity contribution in [1.82, 2.24) is 15.5 Å². The number of nitrogens with zero attached hydrogens (tertiary/aromatic N) is 1. The molecule has 152 valence electrons. The fourth-order valence-electron chi connectivity index (χ4n) is 4.17. The van der Waals surface area contributed by atoms with Gasteiger partial charge in [-0.2, -0.15) is 0 Å². The summed E-state index contributed by atoms with van der Waals surface area (Å²) in [6.07, 6.45) is 4.60. The van der Waals surface area contributed by atoms with Crippen molar-refractivity contribution in [1.29, 1.82) is 0 Å². The van der Waals surface area contributed by atoms with Gasteiger partial charge in [-0.25, -0.2) is 4.79 Å². The molecule has 0 radical (unpaired) electrons. The van der Waals surface area contributed by atoms with Crippen molar-refractivity contribution in [3.05, 3.63) is 29.8 Å². The minimum absolute atomic E-state index is 0.113. The number of carbonyl (C=O) groups excluding carboxylic acids is 3. The van der Waals surface area contributed by atoms with Gasteiger partial charge in [0.05, 0.1) is 7.11 Å². The number of nitrogens with one attached hydrogen (secondary N) is 2. The Balaban J connectivity index is 1.66. The molecule has 0 spiro atoms. The molecule has 4 amide bonds. The first-order valence-corrected chi connectivity index (χ1v) is 9.89. The van der Waals surface area contributed by atoms with Crippen LogP contribution in [0.25, 0.3) is 0 Å². The van der Waals surface area contributed by atoms with Gasteiger partial charge in [0.25, 0.3) is 5.91 Å². The van der Waals surface area contributed by atoms with Crippen LogP contribution in [-0.4, -0.2) is 48.0 Å². The molecule has 1 saturated heterocycles. The van der Waals surface area contributed by atoms with Crippen LogP contribution in [0.1, 0.15) is 45.1 Å². The summed E-state index contributed by atoms with van der Waals surface area (Å²) in [6.45, 7) is 3.55. The topological polar surface area (TPSA) is 87.7 Å². The van der Waals surface area contributed by atoms with Gasteiger partial charge in [0.1, 0.15) is 17.8 Å². The quantitative estimate of drug-likeness (QED) is 0.733. The number of urea groups is 1. The highest BCUT2D eigenvalue weighted by Crippen LogP contribution is 2.27. The molecule has 0 bridgehead atoms. The number of hydrogen-bond acceptors (Lipinski definition) is 4. The van der Waals surface area contributed by atoms with Crippen molar-refractivity contribution < 1.29 is 19.1 Å². The standard InChI is InChI=1S/C21H29N3O4/c1-14-8-4-6-10-16(14)22-18(25)13-24-19(26)21(2,23-20(24)27)12-15-9-5-7-11-17(15)28-3/h5,7,9,11,14,16H,4,6,8,10,12-13H2,1-3H3,(H,22,25)(H,23,27)/t14-,16-,21-/m1/s1. The van der Waals surface area contributed by atoms with Gasteiger partial charge in [0, 0.05) is 12.5 Å². The minimum Gasteiger partial charge on any atom is -0.496 e. The first kappa shape index (κ1) is 20.2. The molecule has 2 fully saturated rings. The molecule has 3 atom stereocenters. The fraction of sp³-hybridized carbons (Fsp3) is 0.571. The Morgan fingerprint density at radius 1 is 1.29 bits per heavy atom. The third kappa shape index (κ3) is 4.13. The van der Waals surface area contributed by atoms with Gasteiger partial charge in [0.2, 0.25) is 5.91 Å². The van der Waals surface area contributed by atoms with E-state index in [1.807, 2.05) is 24.3 Å². The maximum absolute atomic E-state index is 13.0. The zero-order valence-corrected chi connectivity index (χ0v) is 16.8. The molecular formula is C21H29N3O4. The summed E-state index contributed by atoms with van der Waals surface area (Å²) < 4.78 is 5.35. The second-order valence-corrected chi connectivity index (χ2v) is 8.08. The molecule has 0 aromatic heterocycles. The molecular weight excluding hydrogens is 358 g/mol.